The monoisotopic (exact) mass is 354 g/mol. The van der Waals surface area contributed by atoms with Gasteiger partial charge in [-0.1, -0.05) is 6.07 Å². The van der Waals surface area contributed by atoms with E-state index < -0.39 is 0 Å². The van der Waals surface area contributed by atoms with Gasteiger partial charge in [0, 0.05) is 18.1 Å². The zero-order chi connectivity index (χ0) is 18.5. The number of hydrogen-bond donors (Lipinski definition) is 1. The van der Waals surface area contributed by atoms with Gasteiger partial charge in [0.2, 0.25) is 0 Å². The second kappa shape index (κ2) is 7.86. The van der Waals surface area contributed by atoms with Gasteiger partial charge >= 0.3 is 5.97 Å². The molecule has 3 rings (SSSR count). The molecule has 1 unspecified atom stereocenters. The van der Waals surface area contributed by atoms with Crippen molar-refractivity contribution in [1.82, 2.24) is 14.5 Å². The number of rotatable bonds is 6. The quantitative estimate of drug-likeness (QED) is 0.545. The topological polar surface area (TPSA) is 81.6 Å². The van der Waals surface area contributed by atoms with E-state index in [9.17, 15) is 10.0 Å². The lowest BCUT2D eigenvalue weighted by Gasteiger charge is -2.12. The van der Waals surface area contributed by atoms with Gasteiger partial charge in [-0.25, -0.2) is 4.79 Å². The average Bonchev–Trinajstić information content (AvgIpc) is 3.06. The molecular weight excluding hydrogens is 332 g/mol. The fraction of sp³-hybridized carbons (Fsp3) is 0.316. The van der Waals surface area contributed by atoms with E-state index in [0.717, 1.165) is 22.1 Å². The first-order valence-electron chi connectivity index (χ1n) is 8.62. The second-order valence-corrected chi connectivity index (χ2v) is 6.01. The summed E-state index contributed by atoms with van der Waals surface area (Å²) in [7, 11) is 0. The molecule has 26 heavy (non-hydrogen) atoms. The smallest absolute Gasteiger partial charge is 0.338 e. The number of fused-ring (bicyclic) bond motifs is 1. The predicted octanol–water partition coefficient (Wildman–Crippen LogP) is 2.80. The summed E-state index contributed by atoms with van der Waals surface area (Å²) >= 11 is 0. The molecule has 7 nitrogen and oxygen atoms in total. The highest BCUT2D eigenvalue weighted by molar-refractivity contribution is 5.94. The van der Waals surface area contributed by atoms with Crippen molar-refractivity contribution < 1.29 is 14.7 Å². The maximum atomic E-state index is 11.8. The van der Waals surface area contributed by atoms with Crippen LogP contribution in [0.25, 0.3) is 10.9 Å². The van der Waals surface area contributed by atoms with Crippen molar-refractivity contribution in [3.8, 4) is 0 Å². The number of carbonyl (C=O) groups is 1. The van der Waals surface area contributed by atoms with E-state index in [2.05, 4.69) is 17.0 Å². The van der Waals surface area contributed by atoms with Gasteiger partial charge in [0.25, 0.3) is 0 Å². The van der Waals surface area contributed by atoms with E-state index in [0.29, 0.717) is 24.2 Å². The van der Waals surface area contributed by atoms with E-state index in [4.69, 9.17) is 4.74 Å². The Kier molecular flexibility index (Phi) is 5.36. The number of esters is 1. The fourth-order valence-corrected chi connectivity index (χ4v) is 2.78. The molecule has 1 N–H and O–H groups in total. The molecule has 0 fully saturated rings. The van der Waals surface area contributed by atoms with Crippen LogP contribution >= 0.6 is 0 Å². The fourth-order valence-electron chi connectivity index (χ4n) is 2.78. The molecule has 2 aromatic heterocycles. The second-order valence-electron chi connectivity index (χ2n) is 6.01. The Hall–Kier alpha value is -3.09. The van der Waals surface area contributed by atoms with E-state index in [-0.39, 0.29) is 12.0 Å². The molecule has 1 aromatic carbocycles. The molecule has 0 radical (unpaired) electrons. The van der Waals surface area contributed by atoms with E-state index in [1.54, 1.807) is 43.6 Å². The van der Waals surface area contributed by atoms with Crippen LogP contribution in [0.1, 0.15) is 36.7 Å². The highest BCUT2D eigenvalue weighted by atomic mass is 16.5. The standard InChI is InChI=1S/C19H22N4O3/c1-3-26-19(24)15-7-8-17-16(12-15)13-21-23(17)14(2)9-10-20-18-6-4-5-11-22(18)25/h4-8,11-14,25H,3,9-10H2,1-2H3. The molecule has 0 saturated carbocycles. The molecule has 0 amide bonds. The number of hydrogen-bond acceptors (Lipinski definition) is 5. The highest BCUT2D eigenvalue weighted by Gasteiger charge is 2.13. The number of aromatic nitrogens is 3. The number of carbonyl (C=O) groups excluding carboxylic acids is 1. The Morgan fingerprint density at radius 2 is 2.19 bits per heavy atom. The van der Waals surface area contributed by atoms with Crippen LogP contribution in [-0.2, 0) is 4.74 Å². The minimum Gasteiger partial charge on any atom is -0.462 e. The molecule has 0 aliphatic rings. The molecule has 1 atom stereocenters. The molecule has 136 valence electrons. The summed E-state index contributed by atoms with van der Waals surface area (Å²) < 4.78 is 7.97. The van der Waals surface area contributed by atoms with Gasteiger partial charge < -0.3 is 9.94 Å². The zero-order valence-electron chi connectivity index (χ0n) is 14.9. The molecule has 2 heterocycles. The van der Waals surface area contributed by atoms with Crippen LogP contribution in [0.2, 0.25) is 0 Å². The summed E-state index contributed by atoms with van der Waals surface area (Å²) in [5.74, 6) is -0.325. The number of ether oxygens (including phenoxy) is 1. The van der Waals surface area contributed by atoms with Gasteiger partial charge in [0.05, 0.1) is 29.9 Å². The third-order valence-corrected chi connectivity index (χ3v) is 4.16. The van der Waals surface area contributed by atoms with Gasteiger partial charge in [0.1, 0.15) is 0 Å². The van der Waals surface area contributed by atoms with Gasteiger partial charge in [-0.15, -0.1) is 0 Å². The van der Waals surface area contributed by atoms with Crippen LogP contribution in [0, 0.1) is 0 Å². The minimum atomic E-state index is -0.325. The number of pyridine rings is 1. The van der Waals surface area contributed by atoms with Crippen LogP contribution < -0.4 is 5.49 Å². The first kappa shape index (κ1) is 17.7. The van der Waals surface area contributed by atoms with Gasteiger partial charge in [-0.2, -0.15) is 9.83 Å². The molecule has 0 bridgehead atoms. The molecule has 7 heteroatoms. The van der Waals surface area contributed by atoms with E-state index in [1.165, 1.54) is 0 Å². The first-order chi connectivity index (χ1) is 12.6. The lowest BCUT2D eigenvalue weighted by atomic mass is 10.1. The maximum Gasteiger partial charge on any atom is 0.338 e. The summed E-state index contributed by atoms with van der Waals surface area (Å²) in [5, 5.41) is 15.0. The lowest BCUT2D eigenvalue weighted by Crippen LogP contribution is -2.18. The Bertz CT molecular complexity index is 974. The number of benzene rings is 1. The maximum absolute atomic E-state index is 11.8. The summed E-state index contributed by atoms with van der Waals surface area (Å²) in [4.78, 5) is 16.3. The number of nitrogens with zero attached hydrogens (tertiary/aromatic N) is 4. The molecular formula is C19H22N4O3. The van der Waals surface area contributed by atoms with Crippen molar-refractivity contribution in [2.24, 2.45) is 4.99 Å². The normalized spacial score (nSPS) is 13.1. The average molecular weight is 354 g/mol. The summed E-state index contributed by atoms with van der Waals surface area (Å²) in [6.45, 7) is 4.77. The summed E-state index contributed by atoms with van der Waals surface area (Å²) in [5.41, 5.74) is 2.00. The van der Waals surface area contributed by atoms with E-state index in [1.807, 2.05) is 16.8 Å². The van der Waals surface area contributed by atoms with Gasteiger partial charge in [0.15, 0.2) is 5.49 Å². The third-order valence-electron chi connectivity index (χ3n) is 4.16. The largest absolute Gasteiger partial charge is 0.462 e. The van der Waals surface area contributed by atoms with Crippen molar-refractivity contribution in [2.45, 2.75) is 26.3 Å². The van der Waals surface area contributed by atoms with Crippen molar-refractivity contribution in [3.05, 3.63) is 59.8 Å². The summed E-state index contributed by atoms with van der Waals surface area (Å²) in [6, 6.07) is 10.9. The first-order valence-corrected chi connectivity index (χ1v) is 8.62. The third kappa shape index (κ3) is 3.77. The van der Waals surface area contributed by atoms with Crippen molar-refractivity contribution in [3.63, 3.8) is 0 Å². The Labute approximate surface area is 151 Å². The SMILES string of the molecule is CCOC(=O)c1ccc2c(cnn2C(C)CCN=c2ccccn2O)c1. The molecule has 0 saturated heterocycles. The van der Waals surface area contributed by atoms with Crippen LogP contribution in [0.4, 0.5) is 0 Å². The van der Waals surface area contributed by atoms with Crippen LogP contribution in [0.3, 0.4) is 0 Å². The van der Waals surface area contributed by atoms with Crippen LogP contribution in [0.5, 0.6) is 0 Å². The minimum absolute atomic E-state index is 0.126. The van der Waals surface area contributed by atoms with Gasteiger partial charge in [-0.05, 0) is 50.6 Å². The highest BCUT2D eigenvalue weighted by Crippen LogP contribution is 2.21. The Morgan fingerprint density at radius 1 is 1.35 bits per heavy atom. The van der Waals surface area contributed by atoms with Crippen LogP contribution in [0.15, 0.2) is 53.8 Å². The summed E-state index contributed by atoms with van der Waals surface area (Å²) in [6.07, 6.45) is 4.07. The molecule has 0 spiro atoms. The van der Waals surface area contributed by atoms with Crippen molar-refractivity contribution in [2.75, 3.05) is 13.2 Å². The molecule has 0 aliphatic heterocycles. The Balaban J connectivity index is 1.74. The zero-order valence-corrected chi connectivity index (χ0v) is 14.9. The predicted molar refractivity (Wildman–Crippen MR) is 97.1 cm³/mol. The van der Waals surface area contributed by atoms with Crippen LogP contribution in [-0.4, -0.2) is 38.8 Å². The Morgan fingerprint density at radius 3 is 2.96 bits per heavy atom. The molecule has 3 aromatic rings. The molecule has 0 aliphatic carbocycles. The van der Waals surface area contributed by atoms with Gasteiger partial charge in [-0.3, -0.25) is 9.67 Å². The van der Waals surface area contributed by atoms with Crippen molar-refractivity contribution in [1.29, 1.82) is 0 Å². The van der Waals surface area contributed by atoms with E-state index >= 15 is 0 Å². The lowest BCUT2D eigenvalue weighted by molar-refractivity contribution is 0.0526. The van der Waals surface area contributed by atoms with Crippen molar-refractivity contribution >= 4 is 16.9 Å².